The average molecular weight is 412 g/mol. The van der Waals surface area contributed by atoms with Crippen LogP contribution in [0.5, 0.6) is 5.75 Å². The van der Waals surface area contributed by atoms with E-state index in [1.165, 1.54) is 6.92 Å². The monoisotopic (exact) mass is 411 g/mol. The van der Waals surface area contributed by atoms with Crippen LogP contribution in [0.2, 0.25) is 0 Å². The lowest BCUT2D eigenvalue weighted by atomic mass is 10.1. The minimum Gasteiger partial charge on any atom is -0.481 e. The summed E-state index contributed by atoms with van der Waals surface area (Å²) < 4.78 is 6.79. The standard InChI is InChI=1S/C21H18BrNO3/c1-13(24)15-4-8-19(9-5-15)23-21(25)14(2)26-20-10-6-16-11-18(22)7-3-17(16)12-20/h3-12,14H,1-2H3,(H,23,25)/t14-/m1/s1. The Bertz CT molecular complexity index is 967. The minimum absolute atomic E-state index is 0.0112. The molecule has 1 amide bonds. The quantitative estimate of drug-likeness (QED) is 0.586. The number of hydrogen-bond acceptors (Lipinski definition) is 3. The van der Waals surface area contributed by atoms with Crippen LogP contribution in [0, 0.1) is 0 Å². The minimum atomic E-state index is -0.657. The van der Waals surface area contributed by atoms with E-state index in [2.05, 4.69) is 21.2 Å². The highest BCUT2D eigenvalue weighted by Crippen LogP contribution is 2.25. The SMILES string of the molecule is CC(=O)c1ccc(NC(=O)[C@@H](C)Oc2ccc3cc(Br)ccc3c2)cc1. The van der Waals surface area contributed by atoms with Crippen molar-refractivity contribution in [1.82, 2.24) is 0 Å². The lowest BCUT2D eigenvalue weighted by Crippen LogP contribution is -2.30. The molecule has 26 heavy (non-hydrogen) atoms. The molecule has 4 nitrogen and oxygen atoms in total. The van der Waals surface area contributed by atoms with Crippen LogP contribution in [0.15, 0.2) is 65.1 Å². The molecular formula is C21H18BrNO3. The molecular weight excluding hydrogens is 394 g/mol. The molecule has 3 aromatic rings. The molecule has 1 atom stereocenters. The molecule has 0 saturated heterocycles. The van der Waals surface area contributed by atoms with Gasteiger partial charge in [0.1, 0.15) is 5.75 Å². The maximum absolute atomic E-state index is 12.3. The number of fused-ring (bicyclic) bond motifs is 1. The Hall–Kier alpha value is -2.66. The summed E-state index contributed by atoms with van der Waals surface area (Å²) in [6.07, 6.45) is -0.657. The molecule has 0 radical (unpaired) electrons. The Morgan fingerprint density at radius 3 is 2.31 bits per heavy atom. The summed E-state index contributed by atoms with van der Waals surface area (Å²) in [5.74, 6) is 0.369. The van der Waals surface area contributed by atoms with Crippen LogP contribution in [-0.4, -0.2) is 17.8 Å². The van der Waals surface area contributed by atoms with Crippen molar-refractivity contribution in [3.8, 4) is 5.75 Å². The topological polar surface area (TPSA) is 55.4 Å². The van der Waals surface area contributed by atoms with Crippen LogP contribution in [0.4, 0.5) is 5.69 Å². The summed E-state index contributed by atoms with van der Waals surface area (Å²) >= 11 is 3.45. The maximum Gasteiger partial charge on any atom is 0.265 e. The fourth-order valence-corrected chi connectivity index (χ4v) is 2.94. The number of Topliss-reactive ketones (excluding diaryl/α,β-unsaturated/α-hetero) is 1. The Balaban J connectivity index is 1.67. The first-order valence-corrected chi connectivity index (χ1v) is 8.99. The zero-order valence-electron chi connectivity index (χ0n) is 14.5. The number of amides is 1. The van der Waals surface area contributed by atoms with Crippen molar-refractivity contribution in [3.63, 3.8) is 0 Å². The predicted molar refractivity (Wildman–Crippen MR) is 107 cm³/mol. The highest BCUT2D eigenvalue weighted by atomic mass is 79.9. The second kappa shape index (κ2) is 7.70. The van der Waals surface area contributed by atoms with E-state index in [0.29, 0.717) is 17.0 Å². The van der Waals surface area contributed by atoms with Gasteiger partial charge < -0.3 is 10.1 Å². The zero-order chi connectivity index (χ0) is 18.7. The van der Waals surface area contributed by atoms with Crippen molar-refractivity contribution in [2.75, 3.05) is 5.32 Å². The smallest absolute Gasteiger partial charge is 0.265 e. The van der Waals surface area contributed by atoms with Crippen LogP contribution in [0.25, 0.3) is 10.8 Å². The van der Waals surface area contributed by atoms with Crippen LogP contribution in [-0.2, 0) is 4.79 Å². The summed E-state index contributed by atoms with van der Waals surface area (Å²) in [6.45, 7) is 3.21. The molecule has 132 valence electrons. The van der Waals surface area contributed by atoms with Gasteiger partial charge in [0.2, 0.25) is 0 Å². The van der Waals surface area contributed by atoms with Gasteiger partial charge in [-0.3, -0.25) is 9.59 Å². The molecule has 5 heteroatoms. The van der Waals surface area contributed by atoms with Gasteiger partial charge in [0.25, 0.3) is 5.91 Å². The van der Waals surface area contributed by atoms with E-state index in [9.17, 15) is 9.59 Å². The molecule has 0 aliphatic carbocycles. The number of nitrogens with one attached hydrogen (secondary N) is 1. The summed E-state index contributed by atoms with van der Waals surface area (Å²) in [5.41, 5.74) is 1.23. The number of carbonyl (C=O) groups excluding carboxylic acids is 2. The third kappa shape index (κ3) is 4.29. The average Bonchev–Trinajstić information content (AvgIpc) is 2.62. The maximum atomic E-state index is 12.3. The lowest BCUT2D eigenvalue weighted by Gasteiger charge is -2.15. The van der Waals surface area contributed by atoms with Crippen molar-refractivity contribution in [1.29, 1.82) is 0 Å². The van der Waals surface area contributed by atoms with E-state index in [1.54, 1.807) is 31.2 Å². The van der Waals surface area contributed by atoms with E-state index in [1.807, 2.05) is 36.4 Å². The third-order valence-corrected chi connectivity index (χ3v) is 4.51. The first-order chi connectivity index (χ1) is 12.4. The van der Waals surface area contributed by atoms with Gasteiger partial charge in [-0.25, -0.2) is 0 Å². The Labute approximate surface area is 160 Å². The van der Waals surface area contributed by atoms with E-state index >= 15 is 0 Å². The molecule has 0 aromatic heterocycles. The first kappa shape index (κ1) is 18.1. The van der Waals surface area contributed by atoms with Gasteiger partial charge in [-0.15, -0.1) is 0 Å². The van der Waals surface area contributed by atoms with Crippen LogP contribution in [0.3, 0.4) is 0 Å². The van der Waals surface area contributed by atoms with Crippen LogP contribution >= 0.6 is 15.9 Å². The molecule has 3 aromatic carbocycles. The van der Waals surface area contributed by atoms with E-state index in [-0.39, 0.29) is 11.7 Å². The molecule has 0 aliphatic heterocycles. The molecule has 0 heterocycles. The van der Waals surface area contributed by atoms with Crippen molar-refractivity contribution in [2.24, 2.45) is 0 Å². The van der Waals surface area contributed by atoms with Crippen LogP contribution in [0.1, 0.15) is 24.2 Å². The third-order valence-electron chi connectivity index (χ3n) is 4.01. The summed E-state index contributed by atoms with van der Waals surface area (Å²) in [5, 5.41) is 4.92. The molecule has 0 unspecified atom stereocenters. The lowest BCUT2D eigenvalue weighted by molar-refractivity contribution is -0.122. The fourth-order valence-electron chi connectivity index (χ4n) is 2.56. The summed E-state index contributed by atoms with van der Waals surface area (Å²) in [7, 11) is 0. The van der Waals surface area contributed by atoms with E-state index in [4.69, 9.17) is 4.74 Å². The Morgan fingerprint density at radius 1 is 0.962 bits per heavy atom. The number of anilines is 1. The molecule has 0 fully saturated rings. The van der Waals surface area contributed by atoms with Gasteiger partial charge in [-0.2, -0.15) is 0 Å². The van der Waals surface area contributed by atoms with Gasteiger partial charge in [0.05, 0.1) is 0 Å². The van der Waals surface area contributed by atoms with Gasteiger partial charge >= 0.3 is 0 Å². The van der Waals surface area contributed by atoms with Crippen molar-refractivity contribution < 1.29 is 14.3 Å². The summed E-state index contributed by atoms with van der Waals surface area (Å²) in [6, 6.07) is 18.5. The van der Waals surface area contributed by atoms with Crippen molar-refractivity contribution >= 4 is 44.1 Å². The molecule has 0 aliphatic rings. The Morgan fingerprint density at radius 2 is 1.62 bits per heavy atom. The largest absolute Gasteiger partial charge is 0.481 e. The highest BCUT2D eigenvalue weighted by molar-refractivity contribution is 9.10. The number of halogens is 1. The number of ketones is 1. The van der Waals surface area contributed by atoms with Gasteiger partial charge in [-0.1, -0.05) is 28.1 Å². The fraction of sp³-hybridized carbons (Fsp3) is 0.143. The molecule has 1 N–H and O–H groups in total. The Kier molecular flexibility index (Phi) is 5.38. The van der Waals surface area contributed by atoms with Gasteiger partial charge in [-0.05, 0) is 73.2 Å². The van der Waals surface area contributed by atoms with Gasteiger partial charge in [0, 0.05) is 15.7 Å². The molecule has 3 rings (SSSR count). The zero-order valence-corrected chi connectivity index (χ0v) is 16.0. The molecule has 0 bridgehead atoms. The van der Waals surface area contributed by atoms with E-state index < -0.39 is 6.10 Å². The molecule has 0 saturated carbocycles. The van der Waals surface area contributed by atoms with Crippen molar-refractivity contribution in [2.45, 2.75) is 20.0 Å². The number of hydrogen-bond donors (Lipinski definition) is 1. The predicted octanol–water partition coefficient (Wildman–Crippen LogP) is 5.21. The second-order valence-electron chi connectivity index (χ2n) is 6.04. The number of carbonyl (C=O) groups is 2. The normalized spacial score (nSPS) is 11.8. The highest BCUT2D eigenvalue weighted by Gasteiger charge is 2.15. The van der Waals surface area contributed by atoms with Crippen molar-refractivity contribution in [3.05, 3.63) is 70.7 Å². The second-order valence-corrected chi connectivity index (χ2v) is 6.95. The van der Waals surface area contributed by atoms with Crippen LogP contribution < -0.4 is 10.1 Å². The first-order valence-electron chi connectivity index (χ1n) is 8.20. The number of rotatable bonds is 5. The van der Waals surface area contributed by atoms with Gasteiger partial charge in [0.15, 0.2) is 11.9 Å². The number of ether oxygens (including phenoxy) is 1. The number of benzene rings is 3. The summed E-state index contributed by atoms with van der Waals surface area (Å²) in [4.78, 5) is 23.6. The molecule has 0 spiro atoms. The van der Waals surface area contributed by atoms with E-state index in [0.717, 1.165) is 15.2 Å².